The van der Waals surface area contributed by atoms with Crippen LogP contribution in [-0.4, -0.2) is 31.0 Å². The highest BCUT2D eigenvalue weighted by atomic mass is 16.6. The van der Waals surface area contributed by atoms with Gasteiger partial charge in [-0.25, -0.2) is 9.59 Å². The number of methoxy groups -OCH3 is 1. The summed E-state index contributed by atoms with van der Waals surface area (Å²) in [5.74, 6) is -0.735. The van der Waals surface area contributed by atoms with Crippen molar-refractivity contribution < 1.29 is 23.9 Å². The van der Waals surface area contributed by atoms with Crippen molar-refractivity contribution in [2.75, 3.05) is 7.11 Å². The number of esters is 1. The summed E-state index contributed by atoms with van der Waals surface area (Å²) in [5, 5.41) is 2.46. The lowest BCUT2D eigenvalue weighted by atomic mass is 10.0. The molecule has 2 aromatic rings. The first kappa shape index (κ1) is 19.2. The molecule has 0 aliphatic heterocycles. The molecule has 2 rings (SSSR count). The van der Waals surface area contributed by atoms with E-state index >= 15 is 0 Å². The highest BCUT2D eigenvalue weighted by molar-refractivity contribution is 5.96. The van der Waals surface area contributed by atoms with Gasteiger partial charge in [0.2, 0.25) is 0 Å². The number of carbonyl (C=O) groups is 3. The van der Waals surface area contributed by atoms with Gasteiger partial charge >= 0.3 is 12.1 Å². The molecule has 0 aromatic heterocycles. The number of ketones is 1. The molecule has 26 heavy (non-hydrogen) atoms. The molecule has 6 heteroatoms. The van der Waals surface area contributed by atoms with Crippen LogP contribution >= 0.6 is 0 Å². The molecule has 136 valence electrons. The summed E-state index contributed by atoms with van der Waals surface area (Å²) in [4.78, 5) is 36.0. The number of ether oxygens (including phenoxy) is 2. The average Bonchev–Trinajstić information content (AvgIpc) is 2.70. The molecule has 0 bridgehead atoms. The summed E-state index contributed by atoms with van der Waals surface area (Å²) < 4.78 is 9.80. The number of carbonyl (C=O) groups excluding carboxylic acids is 3. The van der Waals surface area contributed by atoms with Crippen LogP contribution in [0.4, 0.5) is 4.79 Å². The van der Waals surface area contributed by atoms with Crippen molar-refractivity contribution in [1.29, 1.82) is 0 Å². The lowest BCUT2D eigenvalue weighted by Gasteiger charge is -2.16. The first-order valence-corrected chi connectivity index (χ1v) is 8.23. The molecule has 0 unspecified atom stereocenters. The highest BCUT2D eigenvalue weighted by Crippen LogP contribution is 2.09. The van der Waals surface area contributed by atoms with Gasteiger partial charge in [-0.1, -0.05) is 60.7 Å². The summed E-state index contributed by atoms with van der Waals surface area (Å²) >= 11 is 0. The molecule has 0 aliphatic carbocycles. The Hall–Kier alpha value is -3.15. The van der Waals surface area contributed by atoms with Gasteiger partial charge in [0.1, 0.15) is 12.6 Å². The highest BCUT2D eigenvalue weighted by Gasteiger charge is 2.23. The molecule has 1 amide bonds. The number of hydrogen-bond donors (Lipinski definition) is 1. The second kappa shape index (κ2) is 9.98. The first-order chi connectivity index (χ1) is 12.6. The van der Waals surface area contributed by atoms with Gasteiger partial charge < -0.3 is 14.8 Å². The van der Waals surface area contributed by atoms with Gasteiger partial charge in [0, 0.05) is 12.0 Å². The summed E-state index contributed by atoms with van der Waals surface area (Å²) in [5.41, 5.74) is 1.39. The third kappa shape index (κ3) is 6.05. The minimum absolute atomic E-state index is 0.0868. The lowest BCUT2D eigenvalue weighted by molar-refractivity contribution is -0.143. The van der Waals surface area contributed by atoms with Crippen LogP contribution in [0.25, 0.3) is 0 Å². The van der Waals surface area contributed by atoms with Crippen LogP contribution < -0.4 is 5.32 Å². The molecule has 0 radical (unpaired) electrons. The van der Waals surface area contributed by atoms with Gasteiger partial charge in [0.05, 0.1) is 7.11 Å². The van der Waals surface area contributed by atoms with Crippen LogP contribution in [-0.2, 0) is 20.9 Å². The molecule has 0 heterocycles. The van der Waals surface area contributed by atoms with Crippen molar-refractivity contribution in [3.8, 4) is 0 Å². The lowest BCUT2D eigenvalue weighted by Crippen LogP contribution is -2.42. The Morgan fingerprint density at radius 2 is 1.58 bits per heavy atom. The van der Waals surface area contributed by atoms with E-state index in [9.17, 15) is 14.4 Å². The normalized spacial score (nSPS) is 11.3. The van der Waals surface area contributed by atoms with Crippen LogP contribution in [0.1, 0.15) is 28.8 Å². The van der Waals surface area contributed by atoms with Crippen LogP contribution in [0.15, 0.2) is 60.7 Å². The minimum Gasteiger partial charge on any atom is -0.467 e. The predicted molar refractivity (Wildman–Crippen MR) is 95.6 cm³/mol. The minimum atomic E-state index is -0.948. The summed E-state index contributed by atoms with van der Waals surface area (Å²) in [6, 6.07) is 17.0. The van der Waals surface area contributed by atoms with Gasteiger partial charge in [-0.05, 0) is 12.0 Å². The monoisotopic (exact) mass is 355 g/mol. The van der Waals surface area contributed by atoms with E-state index in [1.54, 1.807) is 24.3 Å². The number of Topliss-reactive ketones (excluding diaryl/α,β-unsaturated/α-hetero) is 1. The van der Waals surface area contributed by atoms with Crippen molar-refractivity contribution in [2.24, 2.45) is 0 Å². The first-order valence-electron chi connectivity index (χ1n) is 8.23. The van der Waals surface area contributed by atoms with Gasteiger partial charge in [0.15, 0.2) is 5.78 Å². The van der Waals surface area contributed by atoms with Crippen molar-refractivity contribution in [1.82, 2.24) is 5.32 Å². The molecule has 0 fully saturated rings. The fourth-order valence-electron chi connectivity index (χ4n) is 2.34. The average molecular weight is 355 g/mol. The third-order valence-electron chi connectivity index (χ3n) is 3.75. The molecule has 0 saturated carbocycles. The Bertz CT molecular complexity index is 730. The van der Waals surface area contributed by atoms with Gasteiger partial charge in [-0.15, -0.1) is 0 Å². The van der Waals surface area contributed by atoms with Crippen LogP contribution in [0, 0.1) is 0 Å². The van der Waals surface area contributed by atoms with Crippen molar-refractivity contribution in [3.05, 3.63) is 71.8 Å². The van der Waals surface area contributed by atoms with Crippen LogP contribution in [0.3, 0.4) is 0 Å². The molecule has 6 nitrogen and oxygen atoms in total. The van der Waals surface area contributed by atoms with Gasteiger partial charge in [-0.2, -0.15) is 0 Å². The predicted octanol–water partition coefficient (Wildman–Crippen LogP) is 3.12. The van der Waals surface area contributed by atoms with E-state index in [0.717, 1.165) is 5.56 Å². The fourth-order valence-corrected chi connectivity index (χ4v) is 2.34. The summed E-state index contributed by atoms with van der Waals surface area (Å²) in [6.45, 7) is 0.0868. The van der Waals surface area contributed by atoms with Crippen LogP contribution in [0.2, 0.25) is 0 Å². The maximum Gasteiger partial charge on any atom is 0.408 e. The van der Waals surface area contributed by atoms with Gasteiger partial charge in [0.25, 0.3) is 0 Å². The number of amides is 1. The molecular weight excluding hydrogens is 334 g/mol. The number of benzene rings is 2. The topological polar surface area (TPSA) is 81.7 Å². The zero-order chi connectivity index (χ0) is 18.8. The van der Waals surface area contributed by atoms with E-state index in [2.05, 4.69) is 5.32 Å². The number of hydrogen-bond acceptors (Lipinski definition) is 5. The SMILES string of the molecule is COC(=O)[C@H](CCC(=O)c1ccccc1)NC(=O)OCc1ccccc1. The van der Waals surface area contributed by atoms with E-state index in [1.807, 2.05) is 36.4 Å². The summed E-state index contributed by atoms with van der Waals surface area (Å²) in [7, 11) is 1.23. The quantitative estimate of drug-likeness (QED) is 0.581. The Morgan fingerprint density at radius 3 is 2.19 bits per heavy atom. The Kier molecular flexibility index (Phi) is 7.36. The maximum absolute atomic E-state index is 12.2. The number of rotatable bonds is 8. The molecule has 0 spiro atoms. The third-order valence-corrected chi connectivity index (χ3v) is 3.75. The molecule has 1 N–H and O–H groups in total. The maximum atomic E-state index is 12.2. The molecule has 2 aromatic carbocycles. The van der Waals surface area contributed by atoms with Crippen molar-refractivity contribution in [3.63, 3.8) is 0 Å². The molecular formula is C20H21NO5. The van der Waals surface area contributed by atoms with E-state index in [4.69, 9.17) is 9.47 Å². The zero-order valence-electron chi connectivity index (χ0n) is 14.5. The second-order valence-electron chi connectivity index (χ2n) is 5.61. The van der Waals surface area contributed by atoms with E-state index in [-0.39, 0.29) is 25.2 Å². The van der Waals surface area contributed by atoms with E-state index < -0.39 is 18.1 Å². The zero-order valence-corrected chi connectivity index (χ0v) is 14.5. The largest absolute Gasteiger partial charge is 0.467 e. The second-order valence-corrected chi connectivity index (χ2v) is 5.61. The number of nitrogens with one attached hydrogen (secondary N) is 1. The Morgan fingerprint density at radius 1 is 0.962 bits per heavy atom. The van der Waals surface area contributed by atoms with E-state index in [0.29, 0.717) is 5.56 Å². The van der Waals surface area contributed by atoms with Crippen molar-refractivity contribution in [2.45, 2.75) is 25.5 Å². The molecule has 1 atom stereocenters. The Labute approximate surface area is 152 Å². The Balaban J connectivity index is 1.87. The van der Waals surface area contributed by atoms with E-state index in [1.165, 1.54) is 7.11 Å². The molecule has 0 saturated heterocycles. The standard InChI is InChI=1S/C20H21NO5/c1-25-19(23)17(12-13-18(22)16-10-6-3-7-11-16)21-20(24)26-14-15-8-4-2-5-9-15/h2-11,17H,12-14H2,1H3,(H,21,24)/t17-/m0/s1. The smallest absolute Gasteiger partial charge is 0.408 e. The summed E-state index contributed by atoms with van der Waals surface area (Å²) in [6.07, 6.45) is -0.514. The fraction of sp³-hybridized carbons (Fsp3) is 0.250. The molecule has 0 aliphatic rings. The van der Waals surface area contributed by atoms with Crippen LogP contribution in [0.5, 0.6) is 0 Å². The van der Waals surface area contributed by atoms with Crippen molar-refractivity contribution >= 4 is 17.8 Å². The number of alkyl carbamates (subject to hydrolysis) is 1. The van der Waals surface area contributed by atoms with Gasteiger partial charge in [-0.3, -0.25) is 4.79 Å².